The molecule has 0 spiro atoms. The number of anilines is 1. The van der Waals surface area contributed by atoms with Crippen LogP contribution in [0.25, 0.3) is 0 Å². The van der Waals surface area contributed by atoms with Crippen molar-refractivity contribution < 1.29 is 4.79 Å². The van der Waals surface area contributed by atoms with Crippen molar-refractivity contribution in [3.05, 3.63) is 11.1 Å². The quantitative estimate of drug-likeness (QED) is 0.744. The summed E-state index contributed by atoms with van der Waals surface area (Å²) in [5.74, 6) is -0.146. The Morgan fingerprint density at radius 2 is 2.67 bits per heavy atom. The molecule has 1 rings (SSSR count). The van der Waals surface area contributed by atoms with Gasteiger partial charge in [0.1, 0.15) is 0 Å². The second kappa shape index (κ2) is 3.83. The van der Waals surface area contributed by atoms with E-state index in [1.165, 1.54) is 18.3 Å². The summed E-state index contributed by atoms with van der Waals surface area (Å²) in [5, 5.41) is 13.2. The van der Waals surface area contributed by atoms with Crippen molar-refractivity contribution in [3.63, 3.8) is 0 Å². The highest BCUT2D eigenvalue weighted by atomic mass is 32.1. The number of aromatic nitrogens is 1. The Morgan fingerprint density at radius 1 is 1.92 bits per heavy atom. The third-order valence-corrected chi connectivity index (χ3v) is 1.90. The number of carbonyl (C=O) groups is 1. The molecule has 0 aliphatic heterocycles. The zero-order valence-electron chi connectivity index (χ0n) is 6.50. The summed E-state index contributed by atoms with van der Waals surface area (Å²) in [6.07, 6.45) is 0.288. The zero-order valence-corrected chi connectivity index (χ0v) is 7.31. The molecule has 5 heteroatoms. The molecule has 0 fully saturated rings. The Bertz CT molecular complexity index is 326. The molecule has 0 saturated carbocycles. The van der Waals surface area contributed by atoms with Crippen molar-refractivity contribution in [2.24, 2.45) is 0 Å². The van der Waals surface area contributed by atoms with Gasteiger partial charge in [-0.2, -0.15) is 5.26 Å². The molecule has 1 aromatic heterocycles. The minimum atomic E-state index is -0.146. The SMILES string of the molecule is CC(=O)Nc1nc(CC#N)cs1. The molecule has 0 atom stereocenters. The summed E-state index contributed by atoms with van der Waals surface area (Å²) >= 11 is 1.32. The molecule has 0 aromatic carbocycles. The molecule has 1 heterocycles. The number of rotatable bonds is 2. The number of nitrogens with one attached hydrogen (secondary N) is 1. The highest BCUT2D eigenvalue weighted by Gasteiger charge is 2.01. The van der Waals surface area contributed by atoms with Crippen LogP contribution in [0.15, 0.2) is 5.38 Å². The molecule has 1 aromatic rings. The van der Waals surface area contributed by atoms with Crippen LogP contribution in [0.3, 0.4) is 0 Å². The largest absolute Gasteiger partial charge is 0.302 e. The molecule has 4 nitrogen and oxygen atoms in total. The van der Waals surface area contributed by atoms with Gasteiger partial charge < -0.3 is 5.32 Å². The predicted octanol–water partition coefficient (Wildman–Crippen LogP) is 1.17. The van der Waals surface area contributed by atoms with Gasteiger partial charge in [-0.05, 0) is 0 Å². The van der Waals surface area contributed by atoms with Gasteiger partial charge in [-0.25, -0.2) is 4.98 Å². The average Bonchev–Trinajstić information content (AvgIpc) is 2.36. The second-order valence-corrected chi connectivity index (χ2v) is 3.02. The van der Waals surface area contributed by atoms with Crippen LogP contribution in [0, 0.1) is 11.3 Å². The summed E-state index contributed by atoms with van der Waals surface area (Å²) < 4.78 is 0. The van der Waals surface area contributed by atoms with Crippen molar-refractivity contribution in [2.75, 3.05) is 5.32 Å². The van der Waals surface area contributed by atoms with Gasteiger partial charge in [-0.1, -0.05) is 0 Å². The van der Waals surface area contributed by atoms with Crippen LogP contribution < -0.4 is 5.32 Å². The molecular formula is C7H7N3OS. The molecule has 1 amide bonds. The van der Waals surface area contributed by atoms with Gasteiger partial charge in [-0.3, -0.25) is 4.79 Å². The van der Waals surface area contributed by atoms with Crippen LogP contribution in [-0.2, 0) is 11.2 Å². The van der Waals surface area contributed by atoms with Gasteiger partial charge >= 0.3 is 0 Å². The van der Waals surface area contributed by atoms with Crippen molar-refractivity contribution in [2.45, 2.75) is 13.3 Å². The third kappa shape index (κ3) is 2.32. The van der Waals surface area contributed by atoms with Crippen LogP contribution in [0.2, 0.25) is 0 Å². The minimum absolute atomic E-state index is 0.146. The molecule has 0 aliphatic rings. The lowest BCUT2D eigenvalue weighted by Crippen LogP contribution is -2.05. The highest BCUT2D eigenvalue weighted by molar-refractivity contribution is 7.13. The Kier molecular flexibility index (Phi) is 2.77. The van der Waals surface area contributed by atoms with Gasteiger partial charge in [0, 0.05) is 12.3 Å². The van der Waals surface area contributed by atoms with Gasteiger partial charge in [0.2, 0.25) is 5.91 Å². The first kappa shape index (κ1) is 8.68. The maximum atomic E-state index is 10.6. The standard InChI is InChI=1S/C7H7N3OS/c1-5(11)9-7-10-6(2-3-8)4-12-7/h4H,2H2,1H3,(H,9,10,11). The Balaban J connectivity index is 2.65. The fourth-order valence-corrected chi connectivity index (χ4v) is 1.43. The molecular weight excluding hydrogens is 174 g/mol. The molecule has 12 heavy (non-hydrogen) atoms. The highest BCUT2D eigenvalue weighted by Crippen LogP contribution is 2.14. The number of hydrogen-bond acceptors (Lipinski definition) is 4. The monoisotopic (exact) mass is 181 g/mol. The van der Waals surface area contributed by atoms with Crippen LogP contribution >= 0.6 is 11.3 Å². The Hall–Kier alpha value is -1.41. The van der Waals surface area contributed by atoms with E-state index in [2.05, 4.69) is 10.3 Å². The molecule has 0 saturated heterocycles. The Labute approximate surface area is 73.9 Å². The molecule has 0 unspecified atom stereocenters. The average molecular weight is 181 g/mol. The summed E-state index contributed by atoms with van der Waals surface area (Å²) in [6, 6.07) is 1.98. The van der Waals surface area contributed by atoms with E-state index in [4.69, 9.17) is 5.26 Å². The number of nitriles is 1. The van der Waals surface area contributed by atoms with Crippen LogP contribution in [-0.4, -0.2) is 10.9 Å². The van der Waals surface area contributed by atoms with E-state index >= 15 is 0 Å². The van der Waals surface area contributed by atoms with E-state index in [1.54, 1.807) is 5.38 Å². The Morgan fingerprint density at radius 3 is 3.25 bits per heavy atom. The van der Waals surface area contributed by atoms with E-state index < -0.39 is 0 Å². The lowest BCUT2D eigenvalue weighted by molar-refractivity contribution is -0.114. The second-order valence-electron chi connectivity index (χ2n) is 2.16. The summed E-state index contributed by atoms with van der Waals surface area (Å²) in [6.45, 7) is 1.42. The maximum Gasteiger partial charge on any atom is 0.223 e. The molecule has 1 N–H and O–H groups in total. The van der Waals surface area contributed by atoms with Gasteiger partial charge in [0.25, 0.3) is 0 Å². The van der Waals surface area contributed by atoms with Crippen molar-refractivity contribution >= 4 is 22.4 Å². The van der Waals surface area contributed by atoms with Crippen molar-refractivity contribution in [1.29, 1.82) is 5.26 Å². The fraction of sp³-hybridized carbons (Fsp3) is 0.286. The summed E-state index contributed by atoms with van der Waals surface area (Å²) in [5.41, 5.74) is 0.700. The first-order valence-electron chi connectivity index (χ1n) is 3.31. The maximum absolute atomic E-state index is 10.6. The zero-order chi connectivity index (χ0) is 8.97. The lowest BCUT2D eigenvalue weighted by Gasteiger charge is -1.92. The van der Waals surface area contributed by atoms with Gasteiger partial charge in [0.15, 0.2) is 5.13 Å². The normalized spacial score (nSPS) is 9.00. The number of carbonyl (C=O) groups excluding carboxylic acids is 1. The van der Waals surface area contributed by atoms with Gasteiger partial charge in [0.05, 0.1) is 18.2 Å². The first-order chi connectivity index (χ1) is 5.72. The van der Waals surface area contributed by atoms with E-state index in [0.29, 0.717) is 10.8 Å². The first-order valence-corrected chi connectivity index (χ1v) is 4.19. The number of hydrogen-bond donors (Lipinski definition) is 1. The van der Waals surface area contributed by atoms with E-state index in [1.807, 2.05) is 6.07 Å². The molecule has 0 radical (unpaired) electrons. The summed E-state index contributed by atoms with van der Waals surface area (Å²) in [4.78, 5) is 14.6. The van der Waals surface area contributed by atoms with Crippen molar-refractivity contribution in [1.82, 2.24) is 4.98 Å². The number of amides is 1. The smallest absolute Gasteiger partial charge is 0.223 e. The van der Waals surface area contributed by atoms with Crippen molar-refractivity contribution in [3.8, 4) is 6.07 Å². The molecule has 0 aliphatic carbocycles. The minimum Gasteiger partial charge on any atom is -0.302 e. The van der Waals surface area contributed by atoms with E-state index in [9.17, 15) is 4.79 Å². The fourth-order valence-electron chi connectivity index (χ4n) is 0.677. The van der Waals surface area contributed by atoms with Crippen LogP contribution in [0.5, 0.6) is 0 Å². The topological polar surface area (TPSA) is 65.8 Å². The van der Waals surface area contributed by atoms with E-state index in [-0.39, 0.29) is 12.3 Å². The molecule has 62 valence electrons. The number of nitrogens with zero attached hydrogens (tertiary/aromatic N) is 2. The molecule has 0 bridgehead atoms. The number of thiazole rings is 1. The lowest BCUT2D eigenvalue weighted by atomic mass is 10.4. The van der Waals surface area contributed by atoms with E-state index in [0.717, 1.165) is 0 Å². The van der Waals surface area contributed by atoms with Crippen LogP contribution in [0.4, 0.5) is 5.13 Å². The predicted molar refractivity (Wildman–Crippen MR) is 45.7 cm³/mol. The van der Waals surface area contributed by atoms with Gasteiger partial charge in [-0.15, -0.1) is 11.3 Å². The summed E-state index contributed by atoms with van der Waals surface area (Å²) in [7, 11) is 0. The van der Waals surface area contributed by atoms with Crippen LogP contribution in [0.1, 0.15) is 12.6 Å². The third-order valence-electron chi connectivity index (χ3n) is 1.09.